The van der Waals surface area contributed by atoms with E-state index in [2.05, 4.69) is 21.2 Å². The smallest absolute Gasteiger partial charge is 0.204 e. The molecule has 0 spiro atoms. The molecule has 0 atom stereocenters. The molecule has 0 heterocycles. The molecule has 3 aromatic rings. The zero-order valence-electron chi connectivity index (χ0n) is 25.0. The lowest BCUT2D eigenvalue weighted by molar-refractivity contribution is -0.113. The Morgan fingerprint density at radius 2 is 1.35 bits per heavy atom. The monoisotopic (exact) mass is 655 g/mol. The van der Waals surface area contributed by atoms with Crippen molar-refractivity contribution in [1.82, 2.24) is 0 Å². The van der Waals surface area contributed by atoms with Crippen LogP contribution in [0.15, 0.2) is 59.2 Å². The maximum absolute atomic E-state index is 13.1. The third kappa shape index (κ3) is 7.81. The summed E-state index contributed by atoms with van der Waals surface area (Å²) in [7, 11) is 10.6. The minimum Gasteiger partial charge on any atom is -0.496 e. The van der Waals surface area contributed by atoms with E-state index in [4.69, 9.17) is 33.2 Å². The average Bonchev–Trinajstić information content (AvgIpc) is 3.02. The molecule has 0 bridgehead atoms. The second-order valence-electron chi connectivity index (χ2n) is 8.81. The predicted octanol–water partition coefficient (Wildman–Crippen LogP) is 6.14. The van der Waals surface area contributed by atoms with Gasteiger partial charge in [-0.25, -0.2) is 0 Å². The van der Waals surface area contributed by atoms with Gasteiger partial charge in [0.05, 0.1) is 65.5 Å². The van der Waals surface area contributed by atoms with E-state index in [-0.39, 0.29) is 18.0 Å². The Labute approximate surface area is 259 Å². The average molecular weight is 657 g/mol. The fourth-order valence-electron chi connectivity index (χ4n) is 4.21. The molecular formula is C32H34BrNO9. The van der Waals surface area contributed by atoms with Gasteiger partial charge >= 0.3 is 0 Å². The molecule has 0 aliphatic heterocycles. The first kappa shape index (κ1) is 32.9. The molecule has 0 aliphatic rings. The van der Waals surface area contributed by atoms with Crippen LogP contribution >= 0.6 is 15.9 Å². The summed E-state index contributed by atoms with van der Waals surface area (Å²) in [5.41, 5.74) is 2.24. The Morgan fingerprint density at radius 3 is 1.91 bits per heavy atom. The van der Waals surface area contributed by atoms with Crippen molar-refractivity contribution >= 4 is 39.3 Å². The topological polar surface area (TPSA) is 111 Å². The Kier molecular flexibility index (Phi) is 11.9. The van der Waals surface area contributed by atoms with Crippen molar-refractivity contribution in [2.45, 2.75) is 6.42 Å². The first-order valence-corrected chi connectivity index (χ1v) is 13.7. The van der Waals surface area contributed by atoms with E-state index < -0.39 is 0 Å². The highest BCUT2D eigenvalue weighted by Crippen LogP contribution is 2.45. The van der Waals surface area contributed by atoms with Gasteiger partial charge in [-0.3, -0.25) is 9.59 Å². The summed E-state index contributed by atoms with van der Waals surface area (Å²) >= 11 is 3.43. The summed E-state index contributed by atoms with van der Waals surface area (Å²) in [6.45, 7) is 0. The lowest BCUT2D eigenvalue weighted by Gasteiger charge is -2.15. The summed E-state index contributed by atoms with van der Waals surface area (Å²) in [4.78, 5) is 25.9. The van der Waals surface area contributed by atoms with Gasteiger partial charge < -0.3 is 38.5 Å². The van der Waals surface area contributed by atoms with Gasteiger partial charge in [0.1, 0.15) is 23.0 Å². The molecule has 11 heteroatoms. The van der Waals surface area contributed by atoms with Gasteiger partial charge in [0, 0.05) is 36.4 Å². The summed E-state index contributed by atoms with van der Waals surface area (Å²) in [6, 6.07) is 10.3. The molecule has 0 amide bonds. The SMILES string of the molecule is COc1cc(OC)c(/C=C/C(=O)Cc2ccc(OC)c(N/C=C/C(=O)c3cc(OC)c(OC)c(OC)c3Br)c2)c(OC)c1. The maximum Gasteiger partial charge on any atom is 0.204 e. The Bertz CT molecular complexity index is 1510. The van der Waals surface area contributed by atoms with E-state index >= 15 is 0 Å². The number of allylic oxidation sites excluding steroid dienone is 2. The quantitative estimate of drug-likeness (QED) is 0.151. The molecule has 10 nitrogen and oxygen atoms in total. The normalized spacial score (nSPS) is 10.9. The number of carbonyl (C=O) groups is 2. The van der Waals surface area contributed by atoms with E-state index in [1.165, 1.54) is 61.0 Å². The van der Waals surface area contributed by atoms with Crippen LogP contribution < -0.4 is 38.5 Å². The summed E-state index contributed by atoms with van der Waals surface area (Å²) in [5.74, 6) is 2.71. The molecule has 0 saturated heterocycles. The first-order chi connectivity index (χ1) is 20.7. The van der Waals surface area contributed by atoms with Gasteiger partial charge in [-0.2, -0.15) is 0 Å². The van der Waals surface area contributed by atoms with Crippen LogP contribution in [0.25, 0.3) is 6.08 Å². The zero-order chi connectivity index (χ0) is 31.5. The van der Waals surface area contributed by atoms with E-state index in [0.717, 1.165) is 5.56 Å². The number of methoxy groups -OCH3 is 7. The predicted molar refractivity (Wildman–Crippen MR) is 168 cm³/mol. The molecule has 228 valence electrons. The third-order valence-corrected chi connectivity index (χ3v) is 7.13. The number of rotatable bonds is 15. The van der Waals surface area contributed by atoms with Crippen molar-refractivity contribution in [2.75, 3.05) is 55.1 Å². The molecule has 0 saturated carbocycles. The number of halogens is 1. The number of nitrogens with one attached hydrogen (secondary N) is 1. The fraction of sp³-hybridized carbons (Fsp3) is 0.250. The van der Waals surface area contributed by atoms with Crippen molar-refractivity contribution in [1.29, 1.82) is 0 Å². The Hall–Kier alpha value is -4.64. The molecule has 0 fully saturated rings. The van der Waals surface area contributed by atoms with Gasteiger partial charge in [0.15, 0.2) is 23.1 Å². The van der Waals surface area contributed by atoms with Crippen molar-refractivity contribution in [3.63, 3.8) is 0 Å². The van der Waals surface area contributed by atoms with Crippen molar-refractivity contribution in [3.8, 4) is 40.2 Å². The molecule has 1 N–H and O–H groups in total. The van der Waals surface area contributed by atoms with E-state index in [0.29, 0.717) is 61.5 Å². The van der Waals surface area contributed by atoms with Crippen LogP contribution in [0.4, 0.5) is 5.69 Å². The van der Waals surface area contributed by atoms with Crippen LogP contribution in [0.5, 0.6) is 40.2 Å². The van der Waals surface area contributed by atoms with Gasteiger partial charge in [-0.15, -0.1) is 0 Å². The van der Waals surface area contributed by atoms with E-state index in [9.17, 15) is 9.59 Å². The van der Waals surface area contributed by atoms with E-state index in [1.807, 2.05) is 0 Å². The minimum absolute atomic E-state index is 0.122. The zero-order valence-corrected chi connectivity index (χ0v) is 26.6. The number of hydrogen-bond donors (Lipinski definition) is 1. The number of benzene rings is 3. The molecule has 0 aliphatic carbocycles. The van der Waals surface area contributed by atoms with E-state index in [1.54, 1.807) is 49.6 Å². The second-order valence-corrected chi connectivity index (χ2v) is 9.60. The summed E-state index contributed by atoms with van der Waals surface area (Å²) < 4.78 is 38.2. The highest BCUT2D eigenvalue weighted by Gasteiger charge is 2.22. The Balaban J connectivity index is 1.79. The lowest BCUT2D eigenvalue weighted by atomic mass is 10.1. The highest BCUT2D eigenvalue weighted by atomic mass is 79.9. The summed E-state index contributed by atoms with van der Waals surface area (Å²) in [6.07, 6.45) is 6.09. The number of ketones is 2. The number of ether oxygens (including phenoxy) is 7. The van der Waals surface area contributed by atoms with Gasteiger partial charge in [-0.1, -0.05) is 6.07 Å². The maximum atomic E-state index is 13.1. The van der Waals surface area contributed by atoms with Gasteiger partial charge in [0.25, 0.3) is 0 Å². The molecule has 0 aromatic heterocycles. The second kappa shape index (κ2) is 15.5. The minimum atomic E-state index is -0.321. The summed E-state index contributed by atoms with van der Waals surface area (Å²) in [5, 5.41) is 3.07. The van der Waals surface area contributed by atoms with Crippen LogP contribution in [-0.4, -0.2) is 61.3 Å². The van der Waals surface area contributed by atoms with Crippen LogP contribution in [-0.2, 0) is 11.2 Å². The van der Waals surface area contributed by atoms with Crippen molar-refractivity contribution in [3.05, 3.63) is 75.9 Å². The van der Waals surface area contributed by atoms with Crippen LogP contribution in [0.1, 0.15) is 21.5 Å². The molecule has 3 rings (SSSR count). The van der Waals surface area contributed by atoms with Crippen molar-refractivity contribution in [2.24, 2.45) is 0 Å². The lowest BCUT2D eigenvalue weighted by Crippen LogP contribution is -2.04. The molecule has 0 unspecified atom stereocenters. The van der Waals surface area contributed by atoms with Gasteiger partial charge in [0.2, 0.25) is 5.75 Å². The van der Waals surface area contributed by atoms with Crippen LogP contribution in [0, 0.1) is 0 Å². The Morgan fingerprint density at radius 1 is 0.721 bits per heavy atom. The number of hydrogen-bond acceptors (Lipinski definition) is 10. The van der Waals surface area contributed by atoms with Crippen molar-refractivity contribution < 1.29 is 42.7 Å². The molecular weight excluding hydrogens is 622 g/mol. The largest absolute Gasteiger partial charge is 0.496 e. The van der Waals surface area contributed by atoms with Gasteiger partial charge in [-0.05, 0) is 51.8 Å². The first-order valence-electron chi connectivity index (χ1n) is 12.9. The standard InChI is InChI=1S/C32H34BrNO9/c1-37-21-16-27(39-3)22(28(17-21)40-4)10-9-20(35)14-19-8-11-26(38-2)24(15-19)34-13-12-25(36)23-18-29(41-5)31(42-6)32(43-7)30(23)33/h8-13,15-18,34H,14H2,1-7H3/b10-9+,13-12+. The van der Waals surface area contributed by atoms with Crippen LogP contribution in [0.3, 0.4) is 0 Å². The molecule has 0 radical (unpaired) electrons. The van der Waals surface area contributed by atoms with Crippen LogP contribution in [0.2, 0.25) is 0 Å². The fourth-order valence-corrected chi connectivity index (χ4v) is 4.86. The third-order valence-electron chi connectivity index (χ3n) is 6.34. The molecule has 43 heavy (non-hydrogen) atoms. The number of carbonyl (C=O) groups excluding carboxylic acids is 2. The molecule has 3 aromatic carbocycles. The number of anilines is 1. The highest BCUT2D eigenvalue weighted by molar-refractivity contribution is 9.10.